The predicted octanol–water partition coefficient (Wildman–Crippen LogP) is 3.17. The smallest absolute Gasteiger partial charge is 0.259 e. The van der Waals surface area contributed by atoms with Crippen LogP contribution in [0.3, 0.4) is 0 Å². The number of hydrogen-bond donors (Lipinski definition) is 1. The Kier molecular flexibility index (Phi) is 5.76. The summed E-state index contributed by atoms with van der Waals surface area (Å²) in [5.74, 6) is -0.108. The molecule has 0 aliphatic heterocycles. The minimum atomic E-state index is -0.301. The van der Waals surface area contributed by atoms with Crippen LogP contribution in [0, 0.1) is 0 Å². The second-order valence-corrected chi connectivity index (χ2v) is 5.86. The lowest BCUT2D eigenvalue weighted by atomic mass is 10.2. The van der Waals surface area contributed by atoms with Crippen molar-refractivity contribution in [2.24, 2.45) is 0 Å². The number of para-hydroxylation sites is 2. The molecular formula is C17H17BrN2O3. The van der Waals surface area contributed by atoms with Crippen molar-refractivity contribution < 1.29 is 14.3 Å². The van der Waals surface area contributed by atoms with Crippen molar-refractivity contribution in [3.8, 4) is 5.75 Å². The van der Waals surface area contributed by atoms with Crippen molar-refractivity contribution in [3.05, 3.63) is 58.6 Å². The number of nitrogens with one attached hydrogen (secondary N) is 1. The molecule has 0 saturated carbocycles. The highest BCUT2D eigenvalue weighted by Crippen LogP contribution is 2.24. The molecule has 2 aromatic rings. The molecule has 2 rings (SSSR count). The Bertz CT molecular complexity index is 716. The van der Waals surface area contributed by atoms with E-state index in [0.717, 1.165) is 4.47 Å². The molecule has 0 atom stereocenters. The minimum absolute atomic E-state index is 0.119. The van der Waals surface area contributed by atoms with Crippen LogP contribution >= 0.6 is 15.9 Å². The van der Waals surface area contributed by atoms with Gasteiger partial charge >= 0.3 is 0 Å². The maximum absolute atomic E-state index is 12.5. The topological polar surface area (TPSA) is 58.6 Å². The first-order valence-corrected chi connectivity index (χ1v) is 7.76. The summed E-state index contributed by atoms with van der Waals surface area (Å²) >= 11 is 3.39. The molecule has 0 aliphatic rings. The molecule has 0 radical (unpaired) electrons. The molecule has 5 nitrogen and oxygen atoms in total. The largest absolute Gasteiger partial charge is 0.483 e. The normalized spacial score (nSPS) is 10.0. The van der Waals surface area contributed by atoms with Gasteiger partial charge in [0.15, 0.2) is 6.61 Å². The van der Waals surface area contributed by atoms with Gasteiger partial charge in [-0.2, -0.15) is 0 Å². The van der Waals surface area contributed by atoms with Gasteiger partial charge in [-0.25, -0.2) is 0 Å². The van der Waals surface area contributed by atoms with Crippen molar-refractivity contribution in [2.75, 3.05) is 26.0 Å². The fourth-order valence-electron chi connectivity index (χ4n) is 1.80. The third kappa shape index (κ3) is 4.56. The number of carbonyl (C=O) groups is 2. The number of anilines is 1. The number of rotatable bonds is 5. The van der Waals surface area contributed by atoms with Gasteiger partial charge in [0, 0.05) is 18.6 Å². The lowest BCUT2D eigenvalue weighted by Crippen LogP contribution is -2.28. The molecule has 0 aliphatic carbocycles. The maximum atomic E-state index is 12.5. The van der Waals surface area contributed by atoms with Gasteiger partial charge in [-0.15, -0.1) is 0 Å². The van der Waals surface area contributed by atoms with Crippen molar-refractivity contribution in [2.45, 2.75) is 0 Å². The lowest BCUT2D eigenvalue weighted by Gasteiger charge is -2.14. The van der Waals surface area contributed by atoms with E-state index in [1.54, 1.807) is 44.4 Å². The Hall–Kier alpha value is -2.34. The molecule has 23 heavy (non-hydrogen) atoms. The maximum Gasteiger partial charge on any atom is 0.259 e. The van der Waals surface area contributed by atoms with E-state index in [0.29, 0.717) is 17.0 Å². The molecule has 0 unspecified atom stereocenters. The number of amides is 2. The molecular weight excluding hydrogens is 360 g/mol. The number of ether oxygens (including phenoxy) is 1. The zero-order chi connectivity index (χ0) is 16.8. The first-order valence-electron chi connectivity index (χ1n) is 6.97. The van der Waals surface area contributed by atoms with Gasteiger partial charge in [-0.3, -0.25) is 9.59 Å². The zero-order valence-corrected chi connectivity index (χ0v) is 14.5. The highest BCUT2D eigenvalue weighted by Gasteiger charge is 2.14. The number of nitrogens with zero attached hydrogens (tertiary/aromatic N) is 1. The van der Waals surface area contributed by atoms with E-state index in [1.165, 1.54) is 4.90 Å². The van der Waals surface area contributed by atoms with Crippen molar-refractivity contribution in [1.82, 2.24) is 4.90 Å². The summed E-state index contributed by atoms with van der Waals surface area (Å²) < 4.78 is 6.27. The Morgan fingerprint density at radius 1 is 1.09 bits per heavy atom. The van der Waals surface area contributed by atoms with Crippen molar-refractivity contribution >= 4 is 33.4 Å². The van der Waals surface area contributed by atoms with Crippen LogP contribution in [0.2, 0.25) is 0 Å². The third-order valence-corrected chi connectivity index (χ3v) is 3.80. The Balaban J connectivity index is 2.14. The first kappa shape index (κ1) is 17.0. The zero-order valence-electron chi connectivity index (χ0n) is 12.9. The number of likely N-dealkylation sites (N-methyl/N-ethyl adjacent to an activating group) is 1. The van der Waals surface area contributed by atoms with Gasteiger partial charge in [-0.05, 0) is 40.2 Å². The second-order valence-electron chi connectivity index (χ2n) is 5.01. The lowest BCUT2D eigenvalue weighted by molar-refractivity contribution is -0.130. The molecule has 120 valence electrons. The monoisotopic (exact) mass is 376 g/mol. The summed E-state index contributed by atoms with van der Waals surface area (Å²) in [6.07, 6.45) is 0. The van der Waals surface area contributed by atoms with Crippen LogP contribution in [0.4, 0.5) is 5.69 Å². The van der Waals surface area contributed by atoms with E-state index < -0.39 is 0 Å². The molecule has 2 amide bonds. The number of halogens is 1. The standard InChI is InChI=1S/C17H17BrN2O3/c1-20(2)16(21)11-23-15-10-6-3-7-12(15)17(22)19-14-9-5-4-8-13(14)18/h3-10H,11H2,1-2H3,(H,19,22). The molecule has 0 fully saturated rings. The molecule has 2 aromatic carbocycles. The summed E-state index contributed by atoms with van der Waals surface area (Å²) in [4.78, 5) is 25.5. The summed E-state index contributed by atoms with van der Waals surface area (Å²) in [6.45, 7) is -0.119. The highest BCUT2D eigenvalue weighted by molar-refractivity contribution is 9.10. The number of hydrogen-bond acceptors (Lipinski definition) is 3. The molecule has 0 aromatic heterocycles. The Morgan fingerprint density at radius 3 is 2.43 bits per heavy atom. The van der Waals surface area contributed by atoms with E-state index in [2.05, 4.69) is 21.2 Å². The van der Waals surface area contributed by atoms with Crippen LogP contribution in [0.1, 0.15) is 10.4 Å². The molecule has 0 bridgehead atoms. The van der Waals surface area contributed by atoms with Crippen LogP contribution in [-0.4, -0.2) is 37.4 Å². The third-order valence-electron chi connectivity index (χ3n) is 3.10. The Labute approximate surface area is 143 Å². The molecule has 6 heteroatoms. The van der Waals surface area contributed by atoms with E-state index in [4.69, 9.17) is 4.74 Å². The van der Waals surface area contributed by atoms with Crippen LogP contribution in [0.5, 0.6) is 5.75 Å². The number of benzene rings is 2. The average molecular weight is 377 g/mol. The van der Waals surface area contributed by atoms with Gasteiger partial charge in [0.2, 0.25) is 0 Å². The molecule has 0 heterocycles. The summed E-state index contributed by atoms with van der Waals surface area (Å²) in [7, 11) is 3.30. The van der Waals surface area contributed by atoms with Crippen LogP contribution in [0.25, 0.3) is 0 Å². The molecule has 1 N–H and O–H groups in total. The summed E-state index contributed by atoms with van der Waals surface area (Å²) in [5.41, 5.74) is 1.03. The van der Waals surface area contributed by atoms with E-state index in [9.17, 15) is 9.59 Å². The van der Waals surface area contributed by atoms with Crippen molar-refractivity contribution in [3.63, 3.8) is 0 Å². The van der Waals surface area contributed by atoms with Gasteiger partial charge in [0.1, 0.15) is 5.75 Å². The average Bonchev–Trinajstić information content (AvgIpc) is 2.54. The fraction of sp³-hybridized carbons (Fsp3) is 0.176. The minimum Gasteiger partial charge on any atom is -0.483 e. The number of carbonyl (C=O) groups excluding carboxylic acids is 2. The fourth-order valence-corrected chi connectivity index (χ4v) is 2.18. The van der Waals surface area contributed by atoms with E-state index >= 15 is 0 Å². The van der Waals surface area contributed by atoms with Crippen LogP contribution in [-0.2, 0) is 4.79 Å². The van der Waals surface area contributed by atoms with Gasteiger partial charge < -0.3 is 15.0 Å². The van der Waals surface area contributed by atoms with E-state index in [-0.39, 0.29) is 18.4 Å². The predicted molar refractivity (Wildman–Crippen MR) is 92.7 cm³/mol. The summed E-state index contributed by atoms with van der Waals surface area (Å²) in [6, 6.07) is 14.1. The SMILES string of the molecule is CN(C)C(=O)COc1ccccc1C(=O)Nc1ccccc1Br. The summed E-state index contributed by atoms with van der Waals surface area (Å²) in [5, 5.41) is 2.82. The van der Waals surface area contributed by atoms with Crippen molar-refractivity contribution in [1.29, 1.82) is 0 Å². The van der Waals surface area contributed by atoms with Gasteiger partial charge in [-0.1, -0.05) is 24.3 Å². The first-order chi connectivity index (χ1) is 11.0. The highest BCUT2D eigenvalue weighted by atomic mass is 79.9. The second kappa shape index (κ2) is 7.78. The quantitative estimate of drug-likeness (QED) is 0.871. The molecule has 0 spiro atoms. The van der Waals surface area contributed by atoms with Crippen LogP contribution < -0.4 is 10.1 Å². The van der Waals surface area contributed by atoms with E-state index in [1.807, 2.05) is 18.2 Å². The van der Waals surface area contributed by atoms with Crippen LogP contribution in [0.15, 0.2) is 53.0 Å². The van der Waals surface area contributed by atoms with Gasteiger partial charge in [0.05, 0.1) is 11.3 Å². The van der Waals surface area contributed by atoms with Gasteiger partial charge in [0.25, 0.3) is 11.8 Å². The molecule has 0 saturated heterocycles. The Morgan fingerprint density at radius 2 is 1.74 bits per heavy atom.